The highest BCUT2D eigenvalue weighted by molar-refractivity contribution is 6.32. The summed E-state index contributed by atoms with van der Waals surface area (Å²) in [6.07, 6.45) is 1.26. The number of carbonyl (C=O) groups excluding carboxylic acids is 1. The van der Waals surface area contributed by atoms with Gasteiger partial charge in [-0.25, -0.2) is 0 Å². The Morgan fingerprint density at radius 3 is 2.78 bits per heavy atom. The molecule has 0 bridgehead atoms. The Hall–Kier alpha value is -1.95. The van der Waals surface area contributed by atoms with Crippen LogP contribution in [0, 0.1) is 5.92 Å². The second-order valence-corrected chi connectivity index (χ2v) is 5.76. The molecule has 1 amide bonds. The zero-order valence-electron chi connectivity index (χ0n) is 13.2. The summed E-state index contributed by atoms with van der Waals surface area (Å²) in [5.41, 5.74) is 0.362. The van der Waals surface area contributed by atoms with Gasteiger partial charge in [-0.2, -0.15) is 0 Å². The fourth-order valence-electron chi connectivity index (χ4n) is 2.67. The van der Waals surface area contributed by atoms with E-state index in [9.17, 15) is 9.59 Å². The molecule has 1 fully saturated rings. The largest absolute Gasteiger partial charge is 0.493 e. The zero-order chi connectivity index (χ0) is 17.0. The minimum Gasteiger partial charge on any atom is -0.493 e. The summed E-state index contributed by atoms with van der Waals surface area (Å²) in [6.45, 7) is 3.00. The highest BCUT2D eigenvalue weighted by atomic mass is 35.5. The van der Waals surface area contributed by atoms with Crippen LogP contribution in [0.15, 0.2) is 12.1 Å². The molecule has 1 aliphatic rings. The number of halogens is 1. The summed E-state index contributed by atoms with van der Waals surface area (Å²) in [6, 6.07) is 3.10. The van der Waals surface area contributed by atoms with E-state index < -0.39 is 11.9 Å². The van der Waals surface area contributed by atoms with Crippen molar-refractivity contribution in [3.8, 4) is 11.5 Å². The Kier molecular flexibility index (Phi) is 5.71. The molecule has 1 aliphatic heterocycles. The highest BCUT2D eigenvalue weighted by Crippen LogP contribution is 2.37. The van der Waals surface area contributed by atoms with E-state index in [1.54, 1.807) is 11.0 Å². The molecular weight excluding hydrogens is 322 g/mol. The van der Waals surface area contributed by atoms with Crippen molar-refractivity contribution in [2.24, 2.45) is 5.92 Å². The molecular formula is C16H20ClNO5. The van der Waals surface area contributed by atoms with E-state index >= 15 is 0 Å². The Morgan fingerprint density at radius 2 is 2.17 bits per heavy atom. The first-order valence-corrected chi connectivity index (χ1v) is 7.88. The number of nitrogens with zero attached hydrogens (tertiary/aromatic N) is 1. The molecule has 0 spiro atoms. The van der Waals surface area contributed by atoms with Crippen molar-refractivity contribution in [3.63, 3.8) is 0 Å². The number of likely N-dealkylation sites (tertiary alicyclic amines) is 1. The Balaban J connectivity index is 2.25. The zero-order valence-corrected chi connectivity index (χ0v) is 13.9. The predicted molar refractivity (Wildman–Crippen MR) is 85.4 cm³/mol. The number of hydrogen-bond acceptors (Lipinski definition) is 4. The van der Waals surface area contributed by atoms with Crippen molar-refractivity contribution in [3.05, 3.63) is 22.7 Å². The Morgan fingerprint density at radius 1 is 1.43 bits per heavy atom. The number of methoxy groups -OCH3 is 1. The van der Waals surface area contributed by atoms with Gasteiger partial charge in [0, 0.05) is 18.7 Å². The van der Waals surface area contributed by atoms with Crippen LogP contribution in [0.3, 0.4) is 0 Å². The lowest BCUT2D eigenvalue weighted by Crippen LogP contribution is -2.42. The molecule has 1 saturated heterocycles. The van der Waals surface area contributed by atoms with Crippen molar-refractivity contribution >= 4 is 23.5 Å². The van der Waals surface area contributed by atoms with Gasteiger partial charge in [0.05, 0.1) is 24.7 Å². The number of carboxylic acids is 1. The van der Waals surface area contributed by atoms with Crippen molar-refractivity contribution in [1.29, 1.82) is 0 Å². The molecule has 0 aliphatic carbocycles. The maximum atomic E-state index is 12.6. The third-order valence-electron chi connectivity index (χ3n) is 3.82. The van der Waals surface area contributed by atoms with Crippen molar-refractivity contribution in [2.45, 2.75) is 19.8 Å². The molecule has 126 valence electrons. The average Bonchev–Trinajstić information content (AvgIpc) is 2.56. The predicted octanol–water partition coefficient (Wildman–Crippen LogP) is 2.68. The molecule has 0 aromatic heterocycles. The van der Waals surface area contributed by atoms with E-state index in [0.29, 0.717) is 48.1 Å². The molecule has 6 nitrogen and oxygen atoms in total. The van der Waals surface area contributed by atoms with Gasteiger partial charge in [-0.15, -0.1) is 0 Å². The smallest absolute Gasteiger partial charge is 0.308 e. The van der Waals surface area contributed by atoms with Crippen LogP contribution in [-0.2, 0) is 4.79 Å². The minimum atomic E-state index is -0.871. The maximum absolute atomic E-state index is 12.6. The molecule has 2 rings (SSSR count). The van der Waals surface area contributed by atoms with Crippen LogP contribution in [0.2, 0.25) is 5.02 Å². The third-order valence-corrected chi connectivity index (χ3v) is 4.10. The van der Waals surface area contributed by atoms with Gasteiger partial charge in [-0.3, -0.25) is 9.59 Å². The van der Waals surface area contributed by atoms with Crippen molar-refractivity contribution in [1.82, 2.24) is 4.90 Å². The Labute approximate surface area is 139 Å². The number of amides is 1. The van der Waals surface area contributed by atoms with Crippen LogP contribution >= 0.6 is 11.6 Å². The van der Waals surface area contributed by atoms with Gasteiger partial charge in [0.1, 0.15) is 0 Å². The van der Waals surface area contributed by atoms with Crippen LogP contribution in [-0.4, -0.2) is 48.7 Å². The van der Waals surface area contributed by atoms with E-state index in [1.807, 2.05) is 6.92 Å². The van der Waals surface area contributed by atoms with E-state index in [4.69, 9.17) is 26.2 Å². The van der Waals surface area contributed by atoms with Crippen LogP contribution < -0.4 is 9.47 Å². The first-order chi connectivity index (χ1) is 11.0. The fraction of sp³-hybridized carbons (Fsp3) is 0.500. The first-order valence-electron chi connectivity index (χ1n) is 7.50. The molecule has 7 heteroatoms. The molecule has 0 radical (unpaired) electrons. The van der Waals surface area contributed by atoms with E-state index in [2.05, 4.69) is 0 Å². The SMILES string of the molecule is CCOc1c(Cl)cc(C(=O)N2CCC[C@H](C(=O)O)C2)cc1OC. The number of aliphatic carboxylic acids is 1. The second-order valence-electron chi connectivity index (χ2n) is 5.35. The van der Waals surface area contributed by atoms with Gasteiger partial charge >= 0.3 is 5.97 Å². The van der Waals surface area contributed by atoms with E-state index in [1.165, 1.54) is 13.2 Å². The molecule has 1 atom stereocenters. The minimum absolute atomic E-state index is 0.210. The maximum Gasteiger partial charge on any atom is 0.308 e. The van der Waals surface area contributed by atoms with E-state index in [0.717, 1.165) is 0 Å². The standard InChI is InChI=1S/C16H20ClNO5/c1-3-23-14-12(17)7-11(8-13(14)22-2)15(19)18-6-4-5-10(9-18)16(20)21/h7-8,10H,3-6,9H2,1-2H3,(H,20,21)/t10-/m0/s1. The number of carboxylic acid groups (broad SMARTS) is 1. The molecule has 1 N–H and O–H groups in total. The van der Waals surface area contributed by atoms with Gasteiger partial charge in [0.25, 0.3) is 5.91 Å². The van der Waals surface area contributed by atoms with Crippen molar-refractivity contribution < 1.29 is 24.2 Å². The fourth-order valence-corrected chi connectivity index (χ4v) is 2.94. The van der Waals surface area contributed by atoms with Gasteiger partial charge < -0.3 is 19.5 Å². The van der Waals surface area contributed by atoms with Gasteiger partial charge in [-0.05, 0) is 31.9 Å². The summed E-state index contributed by atoms with van der Waals surface area (Å²) in [4.78, 5) is 25.3. The summed E-state index contributed by atoms with van der Waals surface area (Å²) in [7, 11) is 1.48. The first kappa shape index (κ1) is 17.4. The number of hydrogen-bond donors (Lipinski definition) is 1. The van der Waals surface area contributed by atoms with Crippen LogP contribution in [0.4, 0.5) is 0 Å². The van der Waals surface area contributed by atoms with Crippen LogP contribution in [0.1, 0.15) is 30.1 Å². The molecule has 1 aromatic carbocycles. The summed E-state index contributed by atoms with van der Waals surface area (Å²) < 4.78 is 10.7. The summed E-state index contributed by atoms with van der Waals surface area (Å²) in [5, 5.41) is 9.43. The number of benzene rings is 1. The van der Waals surface area contributed by atoms with Gasteiger partial charge in [-0.1, -0.05) is 11.6 Å². The lowest BCUT2D eigenvalue weighted by atomic mass is 9.97. The van der Waals surface area contributed by atoms with Gasteiger partial charge in [0.15, 0.2) is 11.5 Å². The molecule has 1 aromatic rings. The monoisotopic (exact) mass is 341 g/mol. The van der Waals surface area contributed by atoms with Gasteiger partial charge in [0.2, 0.25) is 0 Å². The quantitative estimate of drug-likeness (QED) is 0.891. The van der Waals surface area contributed by atoms with Crippen LogP contribution in [0.25, 0.3) is 0 Å². The van der Waals surface area contributed by atoms with Crippen molar-refractivity contribution in [2.75, 3.05) is 26.8 Å². The molecule has 1 heterocycles. The topological polar surface area (TPSA) is 76.1 Å². The van der Waals surface area contributed by atoms with Crippen LogP contribution in [0.5, 0.6) is 11.5 Å². The molecule has 0 saturated carbocycles. The van der Waals surface area contributed by atoms with E-state index in [-0.39, 0.29) is 12.5 Å². The molecule has 0 unspecified atom stereocenters. The summed E-state index contributed by atoms with van der Waals surface area (Å²) in [5.74, 6) is -0.860. The number of piperidine rings is 1. The average molecular weight is 342 g/mol. The molecule has 23 heavy (non-hydrogen) atoms. The number of carbonyl (C=O) groups is 2. The Bertz CT molecular complexity index is 604. The lowest BCUT2D eigenvalue weighted by Gasteiger charge is -2.31. The summed E-state index contributed by atoms with van der Waals surface area (Å²) >= 11 is 6.18. The third kappa shape index (κ3) is 3.88. The second kappa shape index (κ2) is 7.55. The number of rotatable bonds is 5. The number of ether oxygens (including phenoxy) is 2. The lowest BCUT2D eigenvalue weighted by molar-refractivity contribution is -0.143. The highest BCUT2D eigenvalue weighted by Gasteiger charge is 2.29. The normalized spacial score (nSPS) is 17.7.